The number of alkyl halides is 2. The summed E-state index contributed by atoms with van der Waals surface area (Å²) < 4.78 is 23.2. The van der Waals surface area contributed by atoms with Crippen molar-refractivity contribution in [1.29, 1.82) is 0 Å². The summed E-state index contributed by atoms with van der Waals surface area (Å²) in [6, 6.07) is 0. The minimum absolute atomic E-state index is 0.169. The van der Waals surface area contributed by atoms with Crippen LogP contribution in [-0.2, 0) is 0 Å². The molecule has 0 heterocycles. The Morgan fingerprint density at radius 3 is 1.67 bits per heavy atom. The molecule has 2 saturated carbocycles. The average molecular weight is 90.1 g/mol. The van der Waals surface area contributed by atoms with E-state index in [1.165, 1.54) is 0 Å². The van der Waals surface area contributed by atoms with Gasteiger partial charge in [-0.3, -0.25) is 0 Å². The molecule has 0 radical (unpaired) electrons. The van der Waals surface area contributed by atoms with Crippen LogP contribution in [0.1, 0.15) is 6.42 Å². The highest BCUT2D eigenvalue weighted by atomic mass is 19.3. The summed E-state index contributed by atoms with van der Waals surface area (Å²) >= 11 is 0. The highest BCUT2D eigenvalue weighted by Crippen LogP contribution is 2.74. The van der Waals surface area contributed by atoms with Crippen LogP contribution in [0.5, 0.6) is 0 Å². The first kappa shape index (κ1) is 2.94. The fraction of sp³-hybridized carbons (Fsp3) is 1.00. The van der Waals surface area contributed by atoms with Crippen molar-refractivity contribution in [3.05, 3.63) is 0 Å². The quantitative estimate of drug-likeness (QED) is 0.420. The summed E-state index contributed by atoms with van der Waals surface area (Å²) in [7, 11) is 0. The molecule has 0 bridgehead atoms. The summed E-state index contributed by atoms with van der Waals surface area (Å²) in [4.78, 5) is 0. The van der Waals surface area contributed by atoms with E-state index in [2.05, 4.69) is 0 Å². The topological polar surface area (TPSA) is 0 Å². The van der Waals surface area contributed by atoms with Crippen molar-refractivity contribution in [3.63, 3.8) is 0 Å². The lowest BCUT2D eigenvalue weighted by atomic mass is 10.4. The van der Waals surface area contributed by atoms with Crippen LogP contribution in [0, 0.1) is 11.8 Å². The van der Waals surface area contributed by atoms with Gasteiger partial charge < -0.3 is 0 Å². The molecule has 2 atom stereocenters. The van der Waals surface area contributed by atoms with Gasteiger partial charge in [-0.1, -0.05) is 0 Å². The summed E-state index contributed by atoms with van der Waals surface area (Å²) in [5.74, 6) is -2.53. The molecule has 2 fully saturated rings. The van der Waals surface area contributed by atoms with Gasteiger partial charge in [-0.2, -0.15) is 0 Å². The van der Waals surface area contributed by atoms with Gasteiger partial charge in [-0.05, 0) is 6.42 Å². The van der Waals surface area contributed by atoms with Gasteiger partial charge in [0.15, 0.2) is 0 Å². The first-order valence-electron chi connectivity index (χ1n) is 2.11. The SMILES string of the molecule is FC1(F)C2CC21. The molecule has 2 rings (SSSR count). The third-order valence-electron chi connectivity index (χ3n) is 1.67. The number of fused-ring (bicyclic) bond motifs is 1. The fourth-order valence-corrected chi connectivity index (χ4v) is 0.809. The lowest BCUT2D eigenvalue weighted by Crippen LogP contribution is -2.00. The zero-order valence-electron chi connectivity index (χ0n) is 3.12. The van der Waals surface area contributed by atoms with Crippen molar-refractivity contribution < 1.29 is 8.78 Å². The second kappa shape index (κ2) is 0.438. The Bertz CT molecular complexity index is 87.7. The fourth-order valence-electron chi connectivity index (χ4n) is 0.809. The summed E-state index contributed by atoms with van der Waals surface area (Å²) in [5.41, 5.74) is 0. The zero-order chi connectivity index (χ0) is 4.36. The molecule has 0 nitrogen and oxygen atoms in total. The number of hydrogen-bond acceptors (Lipinski definition) is 0. The Balaban J connectivity index is 2.21. The second-order valence-corrected chi connectivity index (χ2v) is 2.12. The smallest absolute Gasteiger partial charge is 0.206 e. The van der Waals surface area contributed by atoms with Crippen LogP contribution < -0.4 is 0 Å². The van der Waals surface area contributed by atoms with Crippen LogP contribution in [-0.4, -0.2) is 5.92 Å². The van der Waals surface area contributed by atoms with E-state index in [1.54, 1.807) is 0 Å². The second-order valence-electron chi connectivity index (χ2n) is 2.12. The number of halogens is 2. The van der Waals surface area contributed by atoms with Gasteiger partial charge in [0.05, 0.1) is 0 Å². The Morgan fingerprint density at radius 1 is 1.33 bits per heavy atom. The van der Waals surface area contributed by atoms with E-state index in [4.69, 9.17) is 0 Å². The molecule has 6 heavy (non-hydrogen) atoms. The molecule has 0 aromatic carbocycles. The Morgan fingerprint density at radius 2 is 1.67 bits per heavy atom. The van der Waals surface area contributed by atoms with Crippen molar-refractivity contribution in [1.82, 2.24) is 0 Å². The highest BCUT2D eigenvalue weighted by Gasteiger charge is 2.80. The van der Waals surface area contributed by atoms with Gasteiger partial charge in [-0.15, -0.1) is 0 Å². The zero-order valence-corrected chi connectivity index (χ0v) is 3.12. The minimum atomic E-state index is -2.19. The van der Waals surface area contributed by atoms with Gasteiger partial charge in [0.1, 0.15) is 0 Å². The maximum absolute atomic E-state index is 11.6. The summed E-state index contributed by atoms with van der Waals surface area (Å²) in [6.45, 7) is 0. The predicted molar refractivity (Wildman–Crippen MR) is 16.5 cm³/mol. The predicted octanol–water partition coefficient (Wildman–Crippen LogP) is 1.27. The molecule has 0 N–H and O–H groups in total. The molecule has 0 spiro atoms. The molecule has 2 aliphatic carbocycles. The maximum atomic E-state index is 11.6. The average Bonchev–Trinajstić information content (AvgIpc) is 2.13. The van der Waals surface area contributed by atoms with E-state index in [0.29, 0.717) is 0 Å². The van der Waals surface area contributed by atoms with Gasteiger partial charge in [0.25, 0.3) is 5.92 Å². The van der Waals surface area contributed by atoms with Crippen molar-refractivity contribution in [2.45, 2.75) is 12.3 Å². The monoisotopic (exact) mass is 90.0 g/mol. The maximum Gasteiger partial charge on any atom is 0.254 e. The third-order valence-corrected chi connectivity index (χ3v) is 1.67. The molecule has 0 aliphatic heterocycles. The molecule has 0 aromatic rings. The van der Waals surface area contributed by atoms with Crippen LogP contribution in [0.4, 0.5) is 8.78 Å². The number of hydrogen-bond donors (Lipinski definition) is 0. The molecule has 0 amide bonds. The van der Waals surface area contributed by atoms with E-state index in [9.17, 15) is 8.78 Å². The first-order valence-corrected chi connectivity index (χ1v) is 2.11. The Labute approximate surface area is 34.2 Å². The van der Waals surface area contributed by atoms with E-state index < -0.39 is 5.92 Å². The van der Waals surface area contributed by atoms with E-state index in [-0.39, 0.29) is 11.8 Å². The highest BCUT2D eigenvalue weighted by molar-refractivity contribution is 5.19. The first-order chi connectivity index (χ1) is 2.73. The van der Waals surface area contributed by atoms with Gasteiger partial charge >= 0.3 is 0 Å². The van der Waals surface area contributed by atoms with Gasteiger partial charge in [0, 0.05) is 11.8 Å². The van der Waals surface area contributed by atoms with E-state index >= 15 is 0 Å². The number of rotatable bonds is 0. The lowest BCUT2D eigenvalue weighted by molar-refractivity contribution is 0.0550. The lowest BCUT2D eigenvalue weighted by Gasteiger charge is -1.94. The van der Waals surface area contributed by atoms with Crippen LogP contribution in [0.3, 0.4) is 0 Å². The van der Waals surface area contributed by atoms with Crippen LogP contribution in [0.15, 0.2) is 0 Å². The van der Waals surface area contributed by atoms with Crippen LogP contribution in [0.25, 0.3) is 0 Å². The van der Waals surface area contributed by atoms with Crippen molar-refractivity contribution in [3.8, 4) is 0 Å². The summed E-state index contributed by atoms with van der Waals surface area (Å²) in [5, 5.41) is 0. The Kier molecular flexibility index (Phi) is 0.215. The molecular weight excluding hydrogens is 86.0 g/mol. The molecule has 34 valence electrons. The molecular formula is C4H4F2. The normalized spacial score (nSPS) is 57.0. The van der Waals surface area contributed by atoms with E-state index in [0.717, 1.165) is 6.42 Å². The molecule has 0 saturated heterocycles. The minimum Gasteiger partial charge on any atom is -0.206 e. The van der Waals surface area contributed by atoms with Gasteiger partial charge in [0.2, 0.25) is 0 Å². The third kappa shape index (κ3) is 0.126. The largest absolute Gasteiger partial charge is 0.254 e. The van der Waals surface area contributed by atoms with Crippen LogP contribution >= 0.6 is 0 Å². The van der Waals surface area contributed by atoms with Crippen molar-refractivity contribution in [2.24, 2.45) is 11.8 Å². The van der Waals surface area contributed by atoms with Crippen molar-refractivity contribution >= 4 is 0 Å². The molecule has 2 unspecified atom stereocenters. The Hall–Kier alpha value is -0.140. The molecule has 2 heteroatoms. The molecule has 2 aliphatic rings. The van der Waals surface area contributed by atoms with Gasteiger partial charge in [-0.25, -0.2) is 8.78 Å². The summed E-state index contributed by atoms with van der Waals surface area (Å²) in [6.07, 6.45) is 0.799. The van der Waals surface area contributed by atoms with E-state index in [1.807, 2.05) is 0 Å². The van der Waals surface area contributed by atoms with Crippen molar-refractivity contribution in [2.75, 3.05) is 0 Å². The molecule has 0 aromatic heterocycles. The standard InChI is InChI=1S/C4H4F2/c5-4(6)2-1-3(2)4/h2-3H,1H2. The van der Waals surface area contributed by atoms with Crippen LogP contribution in [0.2, 0.25) is 0 Å².